The van der Waals surface area contributed by atoms with Gasteiger partial charge in [-0.2, -0.15) is 0 Å². The third-order valence-electron chi connectivity index (χ3n) is 3.53. The summed E-state index contributed by atoms with van der Waals surface area (Å²) in [7, 11) is 0. The van der Waals surface area contributed by atoms with E-state index in [0.717, 1.165) is 17.8 Å². The van der Waals surface area contributed by atoms with Gasteiger partial charge in [0.15, 0.2) is 0 Å². The molecule has 0 bridgehead atoms. The lowest BCUT2D eigenvalue weighted by atomic mass is 9.93. The molecule has 2 heterocycles. The van der Waals surface area contributed by atoms with E-state index in [1.807, 2.05) is 43.3 Å². The average molecular weight is 267 g/mol. The summed E-state index contributed by atoms with van der Waals surface area (Å²) in [5.41, 5.74) is 3.22. The molecule has 102 valence electrons. The van der Waals surface area contributed by atoms with Crippen LogP contribution in [0.3, 0.4) is 0 Å². The molecule has 1 amide bonds. The molecule has 0 saturated carbocycles. The zero-order valence-corrected chi connectivity index (χ0v) is 11.4. The van der Waals surface area contributed by atoms with Gasteiger partial charge in [-0.3, -0.25) is 4.79 Å². The number of carbonyl (C=O) groups is 1. The molecule has 0 radical (unpaired) electrons. The fourth-order valence-electron chi connectivity index (χ4n) is 2.47. The van der Waals surface area contributed by atoms with Crippen LogP contribution in [-0.4, -0.2) is 17.4 Å². The molecule has 4 heteroatoms. The molecule has 1 aliphatic rings. The van der Waals surface area contributed by atoms with Crippen LogP contribution in [0.4, 0.5) is 11.5 Å². The number of nitrogens with zero attached hydrogens (tertiary/aromatic N) is 1. The van der Waals surface area contributed by atoms with E-state index in [1.165, 1.54) is 5.56 Å². The molecule has 2 N–H and O–H groups in total. The molecule has 0 aliphatic carbocycles. The number of fused-ring (bicyclic) bond motifs is 1. The highest BCUT2D eigenvalue weighted by atomic mass is 16.2. The normalized spacial score (nSPS) is 16.9. The third-order valence-corrected chi connectivity index (χ3v) is 3.53. The second kappa shape index (κ2) is 5.33. The van der Waals surface area contributed by atoms with E-state index in [1.54, 1.807) is 0 Å². The number of aromatic nitrogens is 1. The molecular weight excluding hydrogens is 250 g/mol. The number of nitrogens with one attached hydrogen (secondary N) is 2. The van der Waals surface area contributed by atoms with Crippen molar-refractivity contribution in [3.63, 3.8) is 0 Å². The molecule has 1 atom stereocenters. The predicted molar refractivity (Wildman–Crippen MR) is 79.7 cm³/mol. The van der Waals surface area contributed by atoms with Gasteiger partial charge in [0.25, 0.3) is 0 Å². The van der Waals surface area contributed by atoms with E-state index in [4.69, 9.17) is 0 Å². The number of para-hydroxylation sites is 1. The molecule has 2 aromatic rings. The number of carbonyl (C=O) groups excluding carboxylic acids is 1. The largest absolute Gasteiger partial charge is 0.384 e. The molecule has 0 fully saturated rings. The average Bonchev–Trinajstić information content (AvgIpc) is 2.47. The van der Waals surface area contributed by atoms with E-state index < -0.39 is 0 Å². The van der Waals surface area contributed by atoms with Crippen molar-refractivity contribution in [2.45, 2.75) is 13.3 Å². The topological polar surface area (TPSA) is 54.0 Å². The van der Waals surface area contributed by atoms with Gasteiger partial charge in [0, 0.05) is 17.9 Å². The minimum atomic E-state index is -0.0628. The van der Waals surface area contributed by atoms with Gasteiger partial charge in [0.2, 0.25) is 5.91 Å². The summed E-state index contributed by atoms with van der Waals surface area (Å²) < 4.78 is 0. The summed E-state index contributed by atoms with van der Waals surface area (Å²) in [5.74, 6) is 0.575. The van der Waals surface area contributed by atoms with Crippen molar-refractivity contribution in [2.75, 3.05) is 17.2 Å². The van der Waals surface area contributed by atoms with Crippen LogP contribution in [0.25, 0.3) is 0 Å². The second-order valence-corrected chi connectivity index (χ2v) is 5.09. The van der Waals surface area contributed by atoms with Crippen LogP contribution in [-0.2, 0) is 11.2 Å². The maximum Gasteiger partial charge on any atom is 0.230 e. The van der Waals surface area contributed by atoms with Crippen LogP contribution in [0.5, 0.6) is 0 Å². The van der Waals surface area contributed by atoms with E-state index >= 15 is 0 Å². The van der Waals surface area contributed by atoms with Gasteiger partial charge in [0.1, 0.15) is 5.82 Å². The second-order valence-electron chi connectivity index (χ2n) is 5.09. The summed E-state index contributed by atoms with van der Waals surface area (Å²) in [5, 5.41) is 6.20. The molecular formula is C16H17N3O. The maximum atomic E-state index is 12.3. The minimum absolute atomic E-state index is 0.0186. The van der Waals surface area contributed by atoms with Crippen LogP contribution in [0.1, 0.15) is 11.3 Å². The van der Waals surface area contributed by atoms with E-state index in [9.17, 15) is 4.79 Å². The number of hydrogen-bond acceptors (Lipinski definition) is 3. The summed E-state index contributed by atoms with van der Waals surface area (Å²) in [6, 6.07) is 13.7. The lowest BCUT2D eigenvalue weighted by Crippen LogP contribution is -2.34. The molecule has 1 aromatic heterocycles. The van der Waals surface area contributed by atoms with E-state index in [2.05, 4.69) is 21.7 Å². The smallest absolute Gasteiger partial charge is 0.230 e. The first kappa shape index (κ1) is 12.7. The Morgan fingerprint density at radius 3 is 2.95 bits per heavy atom. The van der Waals surface area contributed by atoms with Gasteiger partial charge >= 0.3 is 0 Å². The summed E-state index contributed by atoms with van der Waals surface area (Å²) >= 11 is 0. The Labute approximate surface area is 118 Å². The monoisotopic (exact) mass is 267 g/mol. The Kier molecular flexibility index (Phi) is 3.37. The molecule has 3 rings (SSSR count). The molecule has 1 aliphatic heterocycles. The molecule has 20 heavy (non-hydrogen) atoms. The highest BCUT2D eigenvalue weighted by Crippen LogP contribution is 2.24. The minimum Gasteiger partial charge on any atom is -0.384 e. The van der Waals surface area contributed by atoms with Gasteiger partial charge in [-0.1, -0.05) is 24.3 Å². The first-order valence-corrected chi connectivity index (χ1v) is 6.78. The highest BCUT2D eigenvalue weighted by Gasteiger charge is 2.24. The Morgan fingerprint density at radius 2 is 2.10 bits per heavy atom. The first-order chi connectivity index (χ1) is 9.72. The molecule has 1 aromatic carbocycles. The molecule has 0 spiro atoms. The van der Waals surface area contributed by atoms with Crippen molar-refractivity contribution in [3.8, 4) is 0 Å². The van der Waals surface area contributed by atoms with Crippen molar-refractivity contribution in [3.05, 3.63) is 53.7 Å². The zero-order valence-electron chi connectivity index (χ0n) is 11.4. The third kappa shape index (κ3) is 2.64. The van der Waals surface area contributed by atoms with E-state index in [0.29, 0.717) is 12.4 Å². The maximum absolute atomic E-state index is 12.3. The lowest BCUT2D eigenvalue weighted by Gasteiger charge is -2.25. The van der Waals surface area contributed by atoms with Gasteiger partial charge in [-0.05, 0) is 37.1 Å². The number of rotatable bonds is 2. The number of anilines is 2. The van der Waals surface area contributed by atoms with Crippen molar-refractivity contribution in [1.29, 1.82) is 0 Å². The summed E-state index contributed by atoms with van der Waals surface area (Å²) in [4.78, 5) is 16.6. The van der Waals surface area contributed by atoms with Gasteiger partial charge in [-0.15, -0.1) is 0 Å². The Hall–Kier alpha value is -2.36. The summed E-state index contributed by atoms with van der Waals surface area (Å²) in [6.07, 6.45) is 0.765. The highest BCUT2D eigenvalue weighted by molar-refractivity contribution is 5.92. The SMILES string of the molecule is Cc1cccc(NC(=O)C2CNc3ccccc3C2)n1. The first-order valence-electron chi connectivity index (χ1n) is 6.78. The predicted octanol–water partition coefficient (Wildman–Crippen LogP) is 2.61. The van der Waals surface area contributed by atoms with E-state index in [-0.39, 0.29) is 11.8 Å². The number of hydrogen-bond donors (Lipinski definition) is 2. The van der Waals surface area contributed by atoms with Crippen molar-refractivity contribution < 1.29 is 4.79 Å². The van der Waals surface area contributed by atoms with Crippen LogP contribution >= 0.6 is 0 Å². The number of aryl methyl sites for hydroxylation is 1. The quantitative estimate of drug-likeness (QED) is 0.879. The molecule has 0 saturated heterocycles. The zero-order chi connectivity index (χ0) is 13.9. The van der Waals surface area contributed by atoms with Crippen molar-refractivity contribution >= 4 is 17.4 Å². The number of pyridine rings is 1. The van der Waals surface area contributed by atoms with Gasteiger partial charge < -0.3 is 10.6 Å². The number of benzene rings is 1. The lowest BCUT2D eigenvalue weighted by molar-refractivity contribution is -0.119. The standard InChI is InChI=1S/C16H17N3O/c1-11-5-4-8-15(18-11)19-16(20)13-9-12-6-2-3-7-14(12)17-10-13/h2-8,13,17H,9-10H2,1H3,(H,18,19,20). The fraction of sp³-hybridized carbons (Fsp3) is 0.250. The van der Waals surface area contributed by atoms with Crippen molar-refractivity contribution in [1.82, 2.24) is 4.98 Å². The molecule has 1 unspecified atom stereocenters. The van der Waals surface area contributed by atoms with Gasteiger partial charge in [-0.25, -0.2) is 4.98 Å². The van der Waals surface area contributed by atoms with Crippen LogP contribution < -0.4 is 10.6 Å². The van der Waals surface area contributed by atoms with Crippen molar-refractivity contribution in [2.24, 2.45) is 5.92 Å². The van der Waals surface area contributed by atoms with Crippen LogP contribution in [0.15, 0.2) is 42.5 Å². The fourth-order valence-corrected chi connectivity index (χ4v) is 2.47. The Bertz CT molecular complexity index is 639. The Morgan fingerprint density at radius 1 is 1.25 bits per heavy atom. The van der Waals surface area contributed by atoms with Gasteiger partial charge in [0.05, 0.1) is 5.92 Å². The molecule has 4 nitrogen and oxygen atoms in total. The van der Waals surface area contributed by atoms with Crippen LogP contribution in [0.2, 0.25) is 0 Å². The Balaban J connectivity index is 1.70. The summed E-state index contributed by atoms with van der Waals surface area (Å²) in [6.45, 7) is 2.57. The van der Waals surface area contributed by atoms with Crippen LogP contribution in [0, 0.1) is 12.8 Å². The number of amides is 1.